The lowest BCUT2D eigenvalue weighted by atomic mass is 10.1. The molecular formula is C16H23N3O. The topological polar surface area (TPSA) is 41.3 Å². The number of piperazine rings is 1. The van der Waals surface area contributed by atoms with Crippen LogP contribution < -0.4 is 10.2 Å². The van der Waals surface area contributed by atoms with Gasteiger partial charge in [0, 0.05) is 33.1 Å². The molecule has 1 aromatic heterocycles. The van der Waals surface area contributed by atoms with Crippen LogP contribution in [0.4, 0.5) is 5.69 Å². The summed E-state index contributed by atoms with van der Waals surface area (Å²) >= 11 is 0. The van der Waals surface area contributed by atoms with Crippen molar-refractivity contribution in [3.63, 3.8) is 0 Å². The van der Waals surface area contributed by atoms with Crippen LogP contribution in [0.25, 0.3) is 11.1 Å². The van der Waals surface area contributed by atoms with Crippen LogP contribution in [0.2, 0.25) is 0 Å². The maximum absolute atomic E-state index is 5.84. The minimum Gasteiger partial charge on any atom is -0.439 e. The summed E-state index contributed by atoms with van der Waals surface area (Å²) in [6, 6.07) is 4.49. The molecule has 4 nitrogen and oxygen atoms in total. The van der Waals surface area contributed by atoms with Crippen molar-refractivity contribution in [1.82, 2.24) is 10.3 Å². The summed E-state index contributed by atoms with van der Waals surface area (Å²) in [6.07, 6.45) is 3.57. The predicted octanol–water partition coefficient (Wildman–Crippen LogP) is 2.89. The van der Waals surface area contributed by atoms with Gasteiger partial charge >= 0.3 is 0 Å². The molecule has 0 atom stereocenters. The number of unbranched alkanes of at least 4 members (excludes halogenated alkanes) is 1. The monoisotopic (exact) mass is 273 g/mol. The van der Waals surface area contributed by atoms with E-state index in [1.807, 2.05) is 6.92 Å². The molecule has 1 N–H and O–H groups in total. The van der Waals surface area contributed by atoms with Crippen molar-refractivity contribution in [3.8, 4) is 0 Å². The van der Waals surface area contributed by atoms with Gasteiger partial charge in [-0.3, -0.25) is 0 Å². The van der Waals surface area contributed by atoms with Crippen LogP contribution >= 0.6 is 0 Å². The zero-order chi connectivity index (χ0) is 13.9. The zero-order valence-corrected chi connectivity index (χ0v) is 12.4. The normalized spacial score (nSPS) is 16.0. The van der Waals surface area contributed by atoms with Gasteiger partial charge in [-0.1, -0.05) is 13.3 Å². The van der Waals surface area contributed by atoms with Crippen molar-refractivity contribution in [2.24, 2.45) is 0 Å². The average molecular weight is 273 g/mol. The average Bonchev–Trinajstić information content (AvgIpc) is 2.85. The first-order chi connectivity index (χ1) is 9.78. The lowest BCUT2D eigenvalue weighted by Gasteiger charge is -2.29. The highest BCUT2D eigenvalue weighted by molar-refractivity contribution is 5.88. The van der Waals surface area contributed by atoms with E-state index in [1.54, 1.807) is 0 Å². The van der Waals surface area contributed by atoms with Crippen LogP contribution in [0.15, 0.2) is 16.5 Å². The number of fused-ring (bicyclic) bond motifs is 1. The Labute approximate surface area is 120 Å². The molecule has 4 heteroatoms. The fourth-order valence-corrected chi connectivity index (χ4v) is 2.85. The fraction of sp³-hybridized carbons (Fsp3) is 0.562. The van der Waals surface area contributed by atoms with Crippen molar-refractivity contribution in [2.75, 3.05) is 31.1 Å². The zero-order valence-electron chi connectivity index (χ0n) is 12.4. The Balaban J connectivity index is 2.01. The maximum Gasteiger partial charge on any atom is 0.192 e. The number of rotatable bonds is 4. The highest BCUT2D eigenvalue weighted by Crippen LogP contribution is 2.30. The number of aryl methyl sites for hydroxylation is 2. The minimum atomic E-state index is 0.754. The Morgan fingerprint density at radius 1 is 1.30 bits per heavy atom. The van der Waals surface area contributed by atoms with Gasteiger partial charge in [0.1, 0.15) is 5.52 Å². The Morgan fingerprint density at radius 3 is 2.85 bits per heavy atom. The van der Waals surface area contributed by atoms with E-state index in [2.05, 4.69) is 34.3 Å². The van der Waals surface area contributed by atoms with Crippen LogP contribution in [0, 0.1) is 6.92 Å². The molecule has 1 aliphatic rings. The SMILES string of the molecule is CCCCc1cc(N2CCNCC2)c2oc(C)nc2c1. The first-order valence-electron chi connectivity index (χ1n) is 7.63. The molecule has 1 saturated heterocycles. The number of aromatic nitrogens is 1. The number of anilines is 1. The van der Waals surface area contributed by atoms with Crippen molar-refractivity contribution in [3.05, 3.63) is 23.6 Å². The molecule has 2 heterocycles. The molecule has 0 spiro atoms. The van der Waals surface area contributed by atoms with Crippen molar-refractivity contribution in [2.45, 2.75) is 33.1 Å². The maximum atomic E-state index is 5.84. The van der Waals surface area contributed by atoms with Gasteiger partial charge in [-0.15, -0.1) is 0 Å². The van der Waals surface area contributed by atoms with E-state index in [0.29, 0.717) is 0 Å². The number of oxazole rings is 1. The van der Waals surface area contributed by atoms with E-state index in [0.717, 1.165) is 49.6 Å². The summed E-state index contributed by atoms with van der Waals surface area (Å²) < 4.78 is 5.84. The van der Waals surface area contributed by atoms with E-state index < -0.39 is 0 Å². The highest BCUT2D eigenvalue weighted by atomic mass is 16.3. The van der Waals surface area contributed by atoms with Crippen LogP contribution in [-0.4, -0.2) is 31.2 Å². The Hall–Kier alpha value is -1.55. The van der Waals surface area contributed by atoms with E-state index >= 15 is 0 Å². The summed E-state index contributed by atoms with van der Waals surface area (Å²) in [7, 11) is 0. The molecule has 0 unspecified atom stereocenters. The summed E-state index contributed by atoms with van der Waals surface area (Å²) in [4.78, 5) is 6.94. The van der Waals surface area contributed by atoms with Gasteiger partial charge in [0.15, 0.2) is 11.5 Å². The largest absolute Gasteiger partial charge is 0.439 e. The van der Waals surface area contributed by atoms with Gasteiger partial charge < -0.3 is 14.6 Å². The number of hydrogen-bond acceptors (Lipinski definition) is 4. The second-order valence-corrected chi connectivity index (χ2v) is 5.54. The second-order valence-electron chi connectivity index (χ2n) is 5.54. The Bertz CT molecular complexity index is 585. The second kappa shape index (κ2) is 5.83. The quantitative estimate of drug-likeness (QED) is 0.930. The lowest BCUT2D eigenvalue weighted by Crippen LogP contribution is -2.43. The van der Waals surface area contributed by atoms with Crippen molar-refractivity contribution < 1.29 is 4.42 Å². The smallest absolute Gasteiger partial charge is 0.192 e. The molecule has 0 radical (unpaired) electrons. The molecule has 1 aromatic carbocycles. The van der Waals surface area contributed by atoms with Crippen LogP contribution in [0.5, 0.6) is 0 Å². The highest BCUT2D eigenvalue weighted by Gasteiger charge is 2.17. The third-order valence-electron chi connectivity index (χ3n) is 3.91. The molecule has 0 bridgehead atoms. The molecule has 0 saturated carbocycles. The number of nitrogens with zero attached hydrogens (tertiary/aromatic N) is 2. The van der Waals surface area contributed by atoms with E-state index in [9.17, 15) is 0 Å². The fourth-order valence-electron chi connectivity index (χ4n) is 2.85. The summed E-state index contributed by atoms with van der Waals surface area (Å²) in [5, 5.41) is 3.40. The number of hydrogen-bond donors (Lipinski definition) is 1. The first kappa shape index (κ1) is 13.4. The first-order valence-corrected chi connectivity index (χ1v) is 7.63. The summed E-state index contributed by atoms with van der Waals surface area (Å²) in [6.45, 7) is 8.29. The Morgan fingerprint density at radius 2 is 2.10 bits per heavy atom. The third-order valence-corrected chi connectivity index (χ3v) is 3.91. The molecule has 1 aliphatic heterocycles. The van der Waals surface area contributed by atoms with Gasteiger partial charge in [0.05, 0.1) is 5.69 Å². The van der Waals surface area contributed by atoms with Crippen molar-refractivity contribution >= 4 is 16.8 Å². The molecule has 0 amide bonds. The van der Waals surface area contributed by atoms with E-state index in [1.165, 1.54) is 24.1 Å². The molecule has 0 aliphatic carbocycles. The minimum absolute atomic E-state index is 0.754. The molecule has 3 rings (SSSR count). The molecular weight excluding hydrogens is 250 g/mol. The lowest BCUT2D eigenvalue weighted by molar-refractivity contribution is 0.552. The number of nitrogens with one attached hydrogen (secondary N) is 1. The van der Waals surface area contributed by atoms with Gasteiger partial charge in [-0.2, -0.15) is 0 Å². The van der Waals surface area contributed by atoms with Crippen molar-refractivity contribution in [1.29, 1.82) is 0 Å². The van der Waals surface area contributed by atoms with Crippen LogP contribution in [0.3, 0.4) is 0 Å². The van der Waals surface area contributed by atoms with Gasteiger partial charge in [0.25, 0.3) is 0 Å². The summed E-state index contributed by atoms with van der Waals surface area (Å²) in [5.74, 6) is 0.754. The van der Waals surface area contributed by atoms with E-state index in [-0.39, 0.29) is 0 Å². The molecule has 108 valence electrons. The standard InChI is InChI=1S/C16H23N3O/c1-3-4-5-13-10-14-16(20-12(2)18-14)15(11-13)19-8-6-17-7-9-19/h10-11,17H,3-9H2,1-2H3. The van der Waals surface area contributed by atoms with E-state index in [4.69, 9.17) is 4.42 Å². The van der Waals surface area contributed by atoms with Gasteiger partial charge in [-0.05, 0) is 30.5 Å². The molecule has 20 heavy (non-hydrogen) atoms. The van der Waals surface area contributed by atoms with Crippen LogP contribution in [0.1, 0.15) is 31.2 Å². The van der Waals surface area contributed by atoms with Crippen LogP contribution in [-0.2, 0) is 6.42 Å². The van der Waals surface area contributed by atoms with Gasteiger partial charge in [0.2, 0.25) is 0 Å². The molecule has 2 aromatic rings. The Kier molecular flexibility index (Phi) is 3.92. The number of benzene rings is 1. The summed E-state index contributed by atoms with van der Waals surface area (Å²) in [5.41, 5.74) is 4.55. The molecule has 1 fully saturated rings. The van der Waals surface area contributed by atoms with Gasteiger partial charge in [-0.25, -0.2) is 4.98 Å². The third kappa shape index (κ3) is 2.66. The predicted molar refractivity (Wildman–Crippen MR) is 82.4 cm³/mol.